The fourth-order valence-corrected chi connectivity index (χ4v) is 2.15. The summed E-state index contributed by atoms with van der Waals surface area (Å²) in [7, 11) is 0. The van der Waals surface area contributed by atoms with E-state index in [1.807, 2.05) is 0 Å². The number of hydrogen-bond acceptors (Lipinski definition) is 3. The minimum atomic E-state index is -2.96. The molecule has 110 valence electrons. The van der Waals surface area contributed by atoms with Crippen molar-refractivity contribution < 1.29 is 23.4 Å². The highest BCUT2D eigenvalue weighted by Crippen LogP contribution is 2.47. The van der Waals surface area contributed by atoms with Crippen molar-refractivity contribution in [3.05, 3.63) is 29.8 Å². The number of nitrogens with one attached hydrogen (secondary N) is 1. The van der Waals surface area contributed by atoms with Crippen molar-refractivity contribution in [3.8, 4) is 5.75 Å². The van der Waals surface area contributed by atoms with Crippen molar-refractivity contribution in [1.82, 2.24) is 5.32 Å². The van der Waals surface area contributed by atoms with Crippen molar-refractivity contribution in [2.24, 2.45) is 5.41 Å². The molecule has 0 atom stereocenters. The summed E-state index contributed by atoms with van der Waals surface area (Å²) in [6.07, 6.45) is 2.56. The average molecular weight is 285 g/mol. The highest BCUT2D eigenvalue weighted by Gasteiger charge is 2.42. The molecule has 1 aliphatic carbocycles. The maximum Gasteiger partial charge on any atom is 0.387 e. The third-order valence-corrected chi connectivity index (χ3v) is 3.57. The fourth-order valence-electron chi connectivity index (χ4n) is 2.15. The Morgan fingerprint density at radius 1 is 1.40 bits per heavy atom. The number of halogens is 2. The van der Waals surface area contributed by atoms with Gasteiger partial charge in [-0.25, -0.2) is 0 Å². The number of carbonyl (C=O) groups is 1. The van der Waals surface area contributed by atoms with Crippen molar-refractivity contribution in [3.63, 3.8) is 0 Å². The molecule has 0 aliphatic heterocycles. The van der Waals surface area contributed by atoms with Gasteiger partial charge >= 0.3 is 6.61 Å². The van der Waals surface area contributed by atoms with E-state index in [1.165, 1.54) is 18.2 Å². The second kappa shape index (κ2) is 6.17. The van der Waals surface area contributed by atoms with Gasteiger partial charge in [0.2, 0.25) is 0 Å². The Bertz CT molecular complexity index is 475. The number of rotatable bonds is 7. The molecule has 0 unspecified atom stereocenters. The normalized spacial score (nSPS) is 16.0. The summed E-state index contributed by atoms with van der Waals surface area (Å²) >= 11 is 0. The van der Waals surface area contributed by atoms with Gasteiger partial charge < -0.3 is 15.2 Å². The monoisotopic (exact) mass is 285 g/mol. The van der Waals surface area contributed by atoms with Gasteiger partial charge in [0.25, 0.3) is 5.91 Å². The van der Waals surface area contributed by atoms with Crippen LogP contribution in [0.2, 0.25) is 0 Å². The summed E-state index contributed by atoms with van der Waals surface area (Å²) in [5.41, 5.74) is 0.0655. The molecule has 0 radical (unpaired) electrons. The molecule has 1 amide bonds. The number of alkyl halides is 2. The second-order valence-corrected chi connectivity index (χ2v) is 5.03. The SMILES string of the molecule is O=C(NCC1(CCO)CC1)c1ccccc1OC(F)F. The van der Waals surface area contributed by atoms with E-state index in [-0.39, 0.29) is 23.3 Å². The largest absolute Gasteiger partial charge is 0.434 e. The number of ether oxygens (including phenoxy) is 1. The zero-order valence-corrected chi connectivity index (χ0v) is 10.9. The first-order valence-electron chi connectivity index (χ1n) is 6.49. The van der Waals surface area contributed by atoms with E-state index in [0.29, 0.717) is 13.0 Å². The van der Waals surface area contributed by atoms with Crippen molar-refractivity contribution in [2.75, 3.05) is 13.2 Å². The highest BCUT2D eigenvalue weighted by atomic mass is 19.3. The number of hydrogen-bond donors (Lipinski definition) is 2. The molecule has 2 N–H and O–H groups in total. The lowest BCUT2D eigenvalue weighted by Gasteiger charge is -2.15. The highest BCUT2D eigenvalue weighted by molar-refractivity contribution is 5.96. The van der Waals surface area contributed by atoms with Crippen LogP contribution < -0.4 is 10.1 Å². The molecule has 1 aliphatic rings. The van der Waals surface area contributed by atoms with Crippen LogP contribution in [0.5, 0.6) is 5.75 Å². The summed E-state index contributed by atoms with van der Waals surface area (Å²) < 4.78 is 28.9. The molecule has 4 nitrogen and oxygen atoms in total. The number of para-hydroxylation sites is 1. The fraction of sp³-hybridized carbons (Fsp3) is 0.500. The summed E-state index contributed by atoms with van der Waals surface area (Å²) in [6.45, 7) is -2.44. The van der Waals surface area contributed by atoms with Gasteiger partial charge in [0.1, 0.15) is 5.75 Å². The van der Waals surface area contributed by atoms with Gasteiger partial charge in [-0.1, -0.05) is 12.1 Å². The minimum Gasteiger partial charge on any atom is -0.434 e. The van der Waals surface area contributed by atoms with E-state index < -0.39 is 12.5 Å². The lowest BCUT2D eigenvalue weighted by molar-refractivity contribution is -0.0501. The van der Waals surface area contributed by atoms with Crippen LogP contribution in [0.15, 0.2) is 24.3 Å². The number of carbonyl (C=O) groups excluding carboxylic acids is 1. The van der Waals surface area contributed by atoms with Crippen LogP contribution in [0, 0.1) is 5.41 Å². The molecular formula is C14H17F2NO3. The molecule has 0 bridgehead atoms. The summed E-state index contributed by atoms with van der Waals surface area (Å²) in [6, 6.07) is 5.90. The molecule has 0 spiro atoms. The van der Waals surface area contributed by atoms with Crippen molar-refractivity contribution in [1.29, 1.82) is 0 Å². The third kappa shape index (κ3) is 3.66. The Balaban J connectivity index is 1.98. The zero-order valence-electron chi connectivity index (χ0n) is 10.9. The Morgan fingerprint density at radius 2 is 2.10 bits per heavy atom. The molecule has 1 saturated carbocycles. The van der Waals surface area contributed by atoms with Crippen molar-refractivity contribution in [2.45, 2.75) is 25.9 Å². The van der Waals surface area contributed by atoms with Crippen LogP contribution in [0.1, 0.15) is 29.6 Å². The van der Waals surface area contributed by atoms with E-state index in [1.54, 1.807) is 6.07 Å². The Kier molecular flexibility index (Phi) is 4.54. The summed E-state index contributed by atoms with van der Waals surface area (Å²) in [4.78, 5) is 12.0. The molecule has 1 aromatic carbocycles. The van der Waals surface area contributed by atoms with Gasteiger partial charge in [-0.15, -0.1) is 0 Å². The summed E-state index contributed by atoms with van der Waals surface area (Å²) in [5.74, 6) is -0.572. The quantitative estimate of drug-likeness (QED) is 0.807. The maximum absolute atomic E-state index is 12.3. The van der Waals surface area contributed by atoms with Gasteiger partial charge in [-0.05, 0) is 36.8 Å². The molecule has 20 heavy (non-hydrogen) atoms. The van der Waals surface area contributed by atoms with E-state index in [2.05, 4.69) is 10.1 Å². The Morgan fingerprint density at radius 3 is 2.70 bits per heavy atom. The van der Waals surface area contributed by atoms with Crippen LogP contribution >= 0.6 is 0 Å². The second-order valence-electron chi connectivity index (χ2n) is 5.03. The van der Waals surface area contributed by atoms with Gasteiger partial charge in [0, 0.05) is 13.2 Å². The zero-order chi connectivity index (χ0) is 14.6. The van der Waals surface area contributed by atoms with Gasteiger partial charge in [-0.3, -0.25) is 4.79 Å². The number of benzene rings is 1. The standard InChI is InChI=1S/C14H17F2NO3/c15-13(16)20-11-4-2-1-3-10(11)12(19)17-9-14(5-6-14)7-8-18/h1-4,13,18H,5-9H2,(H,17,19). The smallest absolute Gasteiger partial charge is 0.387 e. The predicted molar refractivity (Wildman–Crippen MR) is 68.8 cm³/mol. The summed E-state index contributed by atoms with van der Waals surface area (Å²) in [5, 5.41) is 11.7. The molecule has 2 rings (SSSR count). The maximum atomic E-state index is 12.3. The first kappa shape index (κ1) is 14.7. The Labute approximate surface area is 115 Å². The lowest BCUT2D eigenvalue weighted by Crippen LogP contribution is -2.31. The van der Waals surface area contributed by atoms with Crippen LogP contribution in [0.4, 0.5) is 8.78 Å². The van der Waals surface area contributed by atoms with Gasteiger partial charge in [0.05, 0.1) is 5.56 Å². The molecule has 1 fully saturated rings. The van der Waals surface area contributed by atoms with E-state index in [9.17, 15) is 13.6 Å². The van der Waals surface area contributed by atoms with Gasteiger partial charge in [-0.2, -0.15) is 8.78 Å². The van der Waals surface area contributed by atoms with Gasteiger partial charge in [0.15, 0.2) is 0 Å². The lowest BCUT2D eigenvalue weighted by atomic mass is 10.0. The third-order valence-electron chi connectivity index (χ3n) is 3.57. The van der Waals surface area contributed by atoms with Crippen LogP contribution in [0.25, 0.3) is 0 Å². The Hall–Kier alpha value is -1.69. The van der Waals surface area contributed by atoms with E-state index >= 15 is 0 Å². The molecule has 6 heteroatoms. The minimum absolute atomic E-state index is 0.0249. The molecule has 0 heterocycles. The van der Waals surface area contributed by atoms with Crippen LogP contribution in [-0.4, -0.2) is 30.8 Å². The number of amides is 1. The van der Waals surface area contributed by atoms with E-state index in [4.69, 9.17) is 5.11 Å². The first-order chi connectivity index (χ1) is 9.56. The molecular weight excluding hydrogens is 268 g/mol. The average Bonchev–Trinajstić information content (AvgIpc) is 3.17. The number of aliphatic hydroxyl groups excluding tert-OH is 1. The van der Waals surface area contributed by atoms with Crippen LogP contribution in [-0.2, 0) is 0 Å². The topological polar surface area (TPSA) is 58.6 Å². The first-order valence-corrected chi connectivity index (χ1v) is 6.49. The van der Waals surface area contributed by atoms with Crippen molar-refractivity contribution >= 4 is 5.91 Å². The predicted octanol–water partition coefficient (Wildman–Crippen LogP) is 2.18. The molecule has 0 aromatic heterocycles. The van der Waals surface area contributed by atoms with E-state index in [0.717, 1.165) is 12.8 Å². The molecule has 1 aromatic rings. The molecule has 0 saturated heterocycles. The number of aliphatic hydroxyl groups is 1. The van der Waals surface area contributed by atoms with Crippen LogP contribution in [0.3, 0.4) is 0 Å².